The van der Waals surface area contributed by atoms with Crippen LogP contribution in [0.1, 0.15) is 40.0 Å². The fourth-order valence-electron chi connectivity index (χ4n) is 1.59. The SMILES string of the molecule is CCCN(CCC)C(CC)C(=O)O.Cl. The highest BCUT2D eigenvalue weighted by molar-refractivity contribution is 5.85. The van der Waals surface area contributed by atoms with Crippen LogP contribution >= 0.6 is 12.4 Å². The lowest BCUT2D eigenvalue weighted by Gasteiger charge is -2.27. The van der Waals surface area contributed by atoms with Gasteiger partial charge in [0, 0.05) is 0 Å². The largest absolute Gasteiger partial charge is 0.480 e. The first-order chi connectivity index (χ1) is 6.17. The van der Waals surface area contributed by atoms with Gasteiger partial charge in [-0.3, -0.25) is 9.69 Å². The van der Waals surface area contributed by atoms with E-state index in [4.69, 9.17) is 5.11 Å². The molecule has 0 amide bonds. The fraction of sp³-hybridized carbons (Fsp3) is 0.900. The summed E-state index contributed by atoms with van der Waals surface area (Å²) in [7, 11) is 0. The van der Waals surface area contributed by atoms with Crippen LogP contribution in [0.4, 0.5) is 0 Å². The molecule has 0 spiro atoms. The summed E-state index contributed by atoms with van der Waals surface area (Å²) in [6, 6.07) is -0.292. The molecule has 3 nitrogen and oxygen atoms in total. The van der Waals surface area contributed by atoms with Gasteiger partial charge in [-0.25, -0.2) is 0 Å². The van der Waals surface area contributed by atoms with Crippen LogP contribution in [0.5, 0.6) is 0 Å². The van der Waals surface area contributed by atoms with E-state index in [9.17, 15) is 4.79 Å². The number of hydrogen-bond acceptors (Lipinski definition) is 2. The Morgan fingerprint density at radius 1 is 1.21 bits per heavy atom. The highest BCUT2D eigenvalue weighted by Gasteiger charge is 2.21. The van der Waals surface area contributed by atoms with Gasteiger partial charge in [0.05, 0.1) is 0 Å². The van der Waals surface area contributed by atoms with Crippen molar-refractivity contribution >= 4 is 18.4 Å². The molecule has 0 aliphatic rings. The number of halogens is 1. The van der Waals surface area contributed by atoms with Gasteiger partial charge in [-0.15, -0.1) is 12.4 Å². The molecule has 1 atom stereocenters. The summed E-state index contributed by atoms with van der Waals surface area (Å²) in [5.74, 6) is -0.690. The Morgan fingerprint density at radius 2 is 1.64 bits per heavy atom. The average Bonchev–Trinajstić information content (AvgIpc) is 2.05. The highest BCUT2D eigenvalue weighted by atomic mass is 35.5. The van der Waals surface area contributed by atoms with E-state index < -0.39 is 5.97 Å². The molecule has 0 aliphatic heterocycles. The molecule has 0 rings (SSSR count). The first-order valence-corrected chi connectivity index (χ1v) is 5.14. The number of hydrogen-bond donors (Lipinski definition) is 1. The number of nitrogens with zero attached hydrogens (tertiary/aromatic N) is 1. The van der Waals surface area contributed by atoms with Crippen LogP contribution < -0.4 is 0 Å². The van der Waals surface area contributed by atoms with E-state index in [1.54, 1.807) is 0 Å². The minimum absolute atomic E-state index is 0. The van der Waals surface area contributed by atoms with Gasteiger partial charge in [0.15, 0.2) is 0 Å². The molecular weight excluding hydrogens is 202 g/mol. The highest BCUT2D eigenvalue weighted by Crippen LogP contribution is 2.06. The van der Waals surface area contributed by atoms with Crippen molar-refractivity contribution in [3.8, 4) is 0 Å². The Morgan fingerprint density at radius 3 is 1.86 bits per heavy atom. The smallest absolute Gasteiger partial charge is 0.320 e. The maximum atomic E-state index is 10.9. The Hall–Kier alpha value is -0.280. The number of aliphatic carboxylic acids is 1. The Bertz CT molecular complexity index is 147. The summed E-state index contributed by atoms with van der Waals surface area (Å²) in [6.45, 7) is 7.86. The second-order valence-corrected chi connectivity index (χ2v) is 3.30. The van der Waals surface area contributed by atoms with Crippen molar-refractivity contribution in [2.24, 2.45) is 0 Å². The maximum Gasteiger partial charge on any atom is 0.320 e. The molecule has 86 valence electrons. The lowest BCUT2D eigenvalue weighted by molar-refractivity contribution is -0.143. The zero-order valence-electron chi connectivity index (χ0n) is 9.32. The number of carboxylic acids is 1. The number of carboxylic acid groups (broad SMARTS) is 1. The second kappa shape index (κ2) is 9.28. The summed E-state index contributed by atoms with van der Waals surface area (Å²) in [5.41, 5.74) is 0. The van der Waals surface area contributed by atoms with Crippen LogP contribution in [0.2, 0.25) is 0 Å². The van der Waals surface area contributed by atoms with Crippen LogP contribution in [0.15, 0.2) is 0 Å². The molecule has 1 N–H and O–H groups in total. The van der Waals surface area contributed by atoms with Crippen LogP contribution in [0.25, 0.3) is 0 Å². The summed E-state index contributed by atoms with van der Waals surface area (Å²) in [5, 5.41) is 8.96. The van der Waals surface area contributed by atoms with E-state index in [-0.39, 0.29) is 18.4 Å². The number of carbonyl (C=O) groups is 1. The molecule has 0 aromatic heterocycles. The molecule has 0 saturated heterocycles. The lowest BCUT2D eigenvalue weighted by atomic mass is 10.1. The van der Waals surface area contributed by atoms with Crippen molar-refractivity contribution in [2.45, 2.75) is 46.1 Å². The quantitative estimate of drug-likeness (QED) is 0.721. The minimum atomic E-state index is -0.690. The van der Waals surface area contributed by atoms with Crippen LogP contribution in [-0.4, -0.2) is 35.1 Å². The normalized spacial score (nSPS) is 12.3. The molecule has 0 radical (unpaired) electrons. The van der Waals surface area contributed by atoms with Crippen LogP contribution in [0.3, 0.4) is 0 Å². The van der Waals surface area contributed by atoms with Crippen molar-refractivity contribution in [1.82, 2.24) is 4.90 Å². The zero-order chi connectivity index (χ0) is 10.3. The van der Waals surface area contributed by atoms with Gasteiger partial charge in [0.25, 0.3) is 0 Å². The van der Waals surface area contributed by atoms with Gasteiger partial charge in [-0.2, -0.15) is 0 Å². The van der Waals surface area contributed by atoms with Gasteiger partial charge in [0.2, 0.25) is 0 Å². The number of rotatable bonds is 7. The molecule has 4 heteroatoms. The van der Waals surface area contributed by atoms with Crippen molar-refractivity contribution < 1.29 is 9.90 Å². The van der Waals surface area contributed by atoms with Crippen molar-refractivity contribution in [2.75, 3.05) is 13.1 Å². The standard InChI is InChI=1S/C10H21NO2.ClH/c1-4-7-11(8-5-2)9(6-3)10(12)13;/h9H,4-8H2,1-3H3,(H,12,13);1H. The molecule has 0 aromatic carbocycles. The first kappa shape index (κ1) is 16.2. The van der Waals surface area contributed by atoms with Gasteiger partial charge in [0.1, 0.15) is 6.04 Å². The van der Waals surface area contributed by atoms with E-state index in [1.165, 1.54) is 0 Å². The topological polar surface area (TPSA) is 40.5 Å². The summed E-state index contributed by atoms with van der Waals surface area (Å²) in [4.78, 5) is 12.9. The van der Waals surface area contributed by atoms with E-state index in [0.29, 0.717) is 6.42 Å². The van der Waals surface area contributed by atoms with Crippen molar-refractivity contribution in [3.63, 3.8) is 0 Å². The second-order valence-electron chi connectivity index (χ2n) is 3.30. The Balaban J connectivity index is 0. The summed E-state index contributed by atoms with van der Waals surface area (Å²) >= 11 is 0. The minimum Gasteiger partial charge on any atom is -0.480 e. The molecule has 0 fully saturated rings. The van der Waals surface area contributed by atoms with Gasteiger partial charge in [-0.05, 0) is 32.4 Å². The monoisotopic (exact) mass is 223 g/mol. The molecule has 0 saturated carbocycles. The molecule has 0 bridgehead atoms. The summed E-state index contributed by atoms with van der Waals surface area (Å²) < 4.78 is 0. The van der Waals surface area contributed by atoms with E-state index >= 15 is 0 Å². The van der Waals surface area contributed by atoms with E-state index in [0.717, 1.165) is 25.9 Å². The first-order valence-electron chi connectivity index (χ1n) is 5.14. The predicted octanol–water partition coefficient (Wildman–Crippen LogP) is 2.39. The third-order valence-electron chi connectivity index (χ3n) is 2.13. The van der Waals surface area contributed by atoms with Crippen molar-refractivity contribution in [1.29, 1.82) is 0 Å². The van der Waals surface area contributed by atoms with E-state index in [1.807, 2.05) is 6.92 Å². The predicted molar refractivity (Wildman–Crippen MR) is 61.1 cm³/mol. The molecule has 0 aromatic rings. The third kappa shape index (κ3) is 5.45. The fourth-order valence-corrected chi connectivity index (χ4v) is 1.59. The van der Waals surface area contributed by atoms with Gasteiger partial charge < -0.3 is 5.11 Å². The molecule has 1 unspecified atom stereocenters. The summed E-state index contributed by atoms with van der Waals surface area (Å²) in [6.07, 6.45) is 2.73. The third-order valence-corrected chi connectivity index (χ3v) is 2.13. The average molecular weight is 224 g/mol. The molecular formula is C10H22ClNO2. The molecule has 0 aliphatic carbocycles. The van der Waals surface area contributed by atoms with Crippen LogP contribution in [-0.2, 0) is 4.79 Å². The zero-order valence-corrected chi connectivity index (χ0v) is 10.1. The Kier molecular flexibility index (Phi) is 10.7. The van der Waals surface area contributed by atoms with E-state index in [2.05, 4.69) is 18.7 Å². The van der Waals surface area contributed by atoms with Gasteiger partial charge in [-0.1, -0.05) is 20.8 Å². The maximum absolute atomic E-state index is 10.9. The molecule has 0 heterocycles. The van der Waals surface area contributed by atoms with Crippen molar-refractivity contribution in [3.05, 3.63) is 0 Å². The van der Waals surface area contributed by atoms with Gasteiger partial charge >= 0.3 is 5.97 Å². The lowest BCUT2D eigenvalue weighted by Crippen LogP contribution is -2.41. The molecule has 14 heavy (non-hydrogen) atoms. The Labute approximate surface area is 92.9 Å². The van der Waals surface area contributed by atoms with Crippen LogP contribution in [0, 0.1) is 0 Å².